The predicted octanol–water partition coefficient (Wildman–Crippen LogP) is 3.64. The number of carbonyl (C=O) groups excluding carboxylic acids is 1. The van der Waals surface area contributed by atoms with Gasteiger partial charge in [-0.25, -0.2) is 4.98 Å². The Balaban J connectivity index is 1.90. The van der Waals surface area contributed by atoms with E-state index in [9.17, 15) is 9.59 Å². The van der Waals surface area contributed by atoms with Crippen LogP contribution in [0.2, 0.25) is 5.02 Å². The largest absolute Gasteiger partial charge is 0.497 e. The fourth-order valence-corrected chi connectivity index (χ4v) is 3.02. The van der Waals surface area contributed by atoms with E-state index in [4.69, 9.17) is 16.3 Å². The van der Waals surface area contributed by atoms with Crippen LogP contribution in [0, 0.1) is 0 Å². The number of rotatable bonds is 6. The van der Waals surface area contributed by atoms with Gasteiger partial charge < -0.3 is 14.6 Å². The van der Waals surface area contributed by atoms with E-state index in [1.54, 1.807) is 54.5 Å². The molecule has 7 heteroatoms. The first-order valence-electron chi connectivity index (χ1n) is 8.63. The molecule has 6 nitrogen and oxygen atoms in total. The Morgan fingerprint density at radius 2 is 1.96 bits per heavy atom. The number of nitrogens with one attached hydrogen (secondary N) is 1. The molecule has 27 heavy (non-hydrogen) atoms. The summed E-state index contributed by atoms with van der Waals surface area (Å²) < 4.78 is 5.13. The second kappa shape index (κ2) is 8.22. The Bertz CT molecular complexity index is 1020. The van der Waals surface area contributed by atoms with Gasteiger partial charge in [-0.15, -0.1) is 0 Å². The number of carbonyl (C=O) groups is 1. The maximum Gasteiger partial charge on any atom is 0.258 e. The van der Waals surface area contributed by atoms with E-state index in [0.29, 0.717) is 39.6 Å². The summed E-state index contributed by atoms with van der Waals surface area (Å²) in [5.41, 5.74) is 0.810. The van der Waals surface area contributed by atoms with Crippen molar-refractivity contribution in [2.45, 2.75) is 19.9 Å². The Kier molecular flexibility index (Phi) is 5.76. The smallest absolute Gasteiger partial charge is 0.258 e. The van der Waals surface area contributed by atoms with Crippen LogP contribution < -0.4 is 10.3 Å². The average molecular weight is 386 g/mol. The third kappa shape index (κ3) is 4.28. The molecule has 2 aromatic carbocycles. The molecule has 140 valence electrons. The SMILES string of the molecule is CCCN(Cc1nc2cc(Cl)ccc2c(=O)[nH]1)C(=O)c1ccc(OC)cc1. The van der Waals surface area contributed by atoms with E-state index < -0.39 is 0 Å². The van der Waals surface area contributed by atoms with Crippen LogP contribution in [0.25, 0.3) is 10.9 Å². The summed E-state index contributed by atoms with van der Waals surface area (Å²) in [6.07, 6.45) is 0.783. The van der Waals surface area contributed by atoms with Crippen LogP contribution in [0.15, 0.2) is 47.3 Å². The number of halogens is 1. The standard InChI is InChI=1S/C20H20ClN3O3/c1-3-10-24(20(26)13-4-7-15(27-2)8-5-13)12-18-22-17-11-14(21)6-9-16(17)19(25)23-18/h4-9,11H,3,10,12H2,1-2H3,(H,22,23,25). The summed E-state index contributed by atoms with van der Waals surface area (Å²) >= 11 is 6.01. The van der Waals surface area contributed by atoms with Gasteiger partial charge in [0.05, 0.1) is 24.6 Å². The van der Waals surface area contributed by atoms with Gasteiger partial charge >= 0.3 is 0 Å². The van der Waals surface area contributed by atoms with Crippen LogP contribution in [-0.4, -0.2) is 34.4 Å². The van der Waals surface area contributed by atoms with Crippen molar-refractivity contribution in [3.05, 3.63) is 69.2 Å². The van der Waals surface area contributed by atoms with Gasteiger partial charge in [0.25, 0.3) is 11.5 Å². The van der Waals surface area contributed by atoms with Gasteiger partial charge in [0.2, 0.25) is 0 Å². The van der Waals surface area contributed by atoms with Crippen molar-refractivity contribution in [2.24, 2.45) is 0 Å². The minimum absolute atomic E-state index is 0.131. The van der Waals surface area contributed by atoms with Gasteiger partial charge in [-0.2, -0.15) is 0 Å². The van der Waals surface area contributed by atoms with Crippen LogP contribution >= 0.6 is 11.6 Å². The number of H-pyrrole nitrogens is 1. The highest BCUT2D eigenvalue weighted by molar-refractivity contribution is 6.31. The van der Waals surface area contributed by atoms with Gasteiger partial charge in [-0.05, 0) is 48.9 Å². The molecule has 1 aromatic heterocycles. The van der Waals surface area contributed by atoms with Gasteiger partial charge in [-0.3, -0.25) is 9.59 Å². The minimum atomic E-state index is -0.250. The number of hydrogen-bond acceptors (Lipinski definition) is 4. The summed E-state index contributed by atoms with van der Waals surface area (Å²) in [5.74, 6) is 0.976. The molecule has 0 spiro atoms. The average Bonchev–Trinajstić information content (AvgIpc) is 2.67. The lowest BCUT2D eigenvalue weighted by Crippen LogP contribution is -2.32. The fourth-order valence-electron chi connectivity index (χ4n) is 2.86. The fraction of sp³-hybridized carbons (Fsp3) is 0.250. The quantitative estimate of drug-likeness (QED) is 0.703. The zero-order chi connectivity index (χ0) is 19.4. The second-order valence-electron chi connectivity index (χ2n) is 6.13. The first-order valence-corrected chi connectivity index (χ1v) is 9.01. The number of fused-ring (bicyclic) bond motifs is 1. The topological polar surface area (TPSA) is 75.3 Å². The molecule has 0 fully saturated rings. The van der Waals surface area contributed by atoms with Crippen molar-refractivity contribution in [3.8, 4) is 5.75 Å². The summed E-state index contributed by atoms with van der Waals surface area (Å²) in [7, 11) is 1.58. The summed E-state index contributed by atoms with van der Waals surface area (Å²) in [6.45, 7) is 2.74. The van der Waals surface area contributed by atoms with Crippen LogP contribution in [0.4, 0.5) is 0 Å². The lowest BCUT2D eigenvalue weighted by molar-refractivity contribution is 0.0739. The highest BCUT2D eigenvalue weighted by atomic mass is 35.5. The summed E-state index contributed by atoms with van der Waals surface area (Å²) in [6, 6.07) is 11.9. The molecule has 3 aromatic rings. The first kappa shape index (κ1) is 18.9. The second-order valence-corrected chi connectivity index (χ2v) is 6.57. The van der Waals surface area contributed by atoms with Crippen molar-refractivity contribution in [1.82, 2.24) is 14.9 Å². The molecule has 0 bridgehead atoms. The molecule has 0 aliphatic heterocycles. The van der Waals surface area contributed by atoms with Crippen LogP contribution in [-0.2, 0) is 6.54 Å². The Hall–Kier alpha value is -2.86. The highest BCUT2D eigenvalue weighted by Gasteiger charge is 2.17. The predicted molar refractivity (Wildman–Crippen MR) is 105 cm³/mol. The molecule has 0 saturated carbocycles. The number of amides is 1. The molecular formula is C20H20ClN3O3. The molecule has 0 unspecified atom stereocenters. The van der Waals surface area contributed by atoms with E-state index in [-0.39, 0.29) is 18.0 Å². The molecule has 3 rings (SSSR count). The van der Waals surface area contributed by atoms with Crippen molar-refractivity contribution in [1.29, 1.82) is 0 Å². The van der Waals surface area contributed by atoms with Crippen molar-refractivity contribution >= 4 is 28.4 Å². The zero-order valence-corrected chi connectivity index (χ0v) is 15.9. The molecule has 0 radical (unpaired) electrons. The monoisotopic (exact) mass is 385 g/mol. The van der Waals surface area contributed by atoms with Gasteiger partial charge in [-0.1, -0.05) is 18.5 Å². The lowest BCUT2D eigenvalue weighted by Gasteiger charge is -2.22. The van der Waals surface area contributed by atoms with Crippen molar-refractivity contribution < 1.29 is 9.53 Å². The number of aromatic nitrogens is 2. The molecule has 0 atom stereocenters. The number of aromatic amines is 1. The van der Waals surface area contributed by atoms with E-state index >= 15 is 0 Å². The molecule has 1 N–H and O–H groups in total. The Morgan fingerprint density at radius 3 is 2.63 bits per heavy atom. The normalized spacial score (nSPS) is 10.8. The van der Waals surface area contributed by atoms with Gasteiger partial charge in [0, 0.05) is 17.1 Å². The maximum atomic E-state index is 12.9. The highest BCUT2D eigenvalue weighted by Crippen LogP contribution is 2.17. The molecule has 1 amide bonds. The van der Waals surface area contributed by atoms with E-state index in [1.165, 1.54) is 0 Å². The van der Waals surface area contributed by atoms with Gasteiger partial charge in [0.1, 0.15) is 11.6 Å². The van der Waals surface area contributed by atoms with E-state index in [2.05, 4.69) is 9.97 Å². The number of nitrogens with zero attached hydrogens (tertiary/aromatic N) is 2. The number of hydrogen-bond donors (Lipinski definition) is 1. The number of ether oxygens (including phenoxy) is 1. The van der Waals surface area contributed by atoms with E-state index in [0.717, 1.165) is 6.42 Å². The summed E-state index contributed by atoms with van der Waals surface area (Å²) in [5, 5.41) is 0.970. The lowest BCUT2D eigenvalue weighted by atomic mass is 10.2. The molecule has 0 saturated heterocycles. The van der Waals surface area contributed by atoms with Crippen molar-refractivity contribution in [2.75, 3.05) is 13.7 Å². The number of benzene rings is 2. The molecule has 1 heterocycles. The summed E-state index contributed by atoms with van der Waals surface area (Å²) in [4.78, 5) is 34.1. The maximum absolute atomic E-state index is 12.9. The molecule has 0 aliphatic rings. The Morgan fingerprint density at radius 1 is 1.22 bits per heavy atom. The third-order valence-corrected chi connectivity index (χ3v) is 4.41. The van der Waals surface area contributed by atoms with Gasteiger partial charge in [0.15, 0.2) is 0 Å². The van der Waals surface area contributed by atoms with Crippen LogP contribution in [0.3, 0.4) is 0 Å². The minimum Gasteiger partial charge on any atom is -0.497 e. The van der Waals surface area contributed by atoms with Crippen LogP contribution in [0.5, 0.6) is 5.75 Å². The van der Waals surface area contributed by atoms with E-state index in [1.807, 2.05) is 6.92 Å². The third-order valence-electron chi connectivity index (χ3n) is 4.18. The van der Waals surface area contributed by atoms with Crippen LogP contribution in [0.1, 0.15) is 29.5 Å². The first-order chi connectivity index (χ1) is 13.0. The van der Waals surface area contributed by atoms with Crippen molar-refractivity contribution in [3.63, 3.8) is 0 Å². The number of methoxy groups -OCH3 is 1. The zero-order valence-electron chi connectivity index (χ0n) is 15.2. The Labute approximate surface area is 161 Å². The molecule has 0 aliphatic carbocycles. The molecular weight excluding hydrogens is 366 g/mol.